The topological polar surface area (TPSA) is 34.1 Å². The summed E-state index contributed by atoms with van der Waals surface area (Å²) in [6.07, 6.45) is 1.83. The molecular formula is C16H20N2O. The Kier molecular flexibility index (Phi) is 4.53. The second kappa shape index (κ2) is 6.34. The fourth-order valence-electron chi connectivity index (χ4n) is 2.09. The number of rotatable bonds is 5. The third-order valence-electron chi connectivity index (χ3n) is 3.30. The maximum absolute atomic E-state index is 5.39. The maximum Gasteiger partial charge on any atom is 0.123 e. The molecule has 3 heteroatoms. The van der Waals surface area contributed by atoms with Gasteiger partial charge in [-0.25, -0.2) is 0 Å². The van der Waals surface area contributed by atoms with Crippen LogP contribution in [0, 0.1) is 6.92 Å². The summed E-state index contributed by atoms with van der Waals surface area (Å²) in [6.45, 7) is 4.97. The van der Waals surface area contributed by atoms with Gasteiger partial charge in [0.2, 0.25) is 0 Å². The van der Waals surface area contributed by atoms with Crippen LogP contribution in [0.2, 0.25) is 0 Å². The molecule has 1 N–H and O–H groups in total. The summed E-state index contributed by atoms with van der Waals surface area (Å²) < 4.78 is 5.39. The summed E-state index contributed by atoms with van der Waals surface area (Å²) in [5, 5.41) is 3.49. The van der Waals surface area contributed by atoms with Crippen LogP contribution in [-0.2, 0) is 6.54 Å². The van der Waals surface area contributed by atoms with Crippen LogP contribution in [0.1, 0.15) is 29.8 Å². The maximum atomic E-state index is 5.39. The van der Waals surface area contributed by atoms with Crippen molar-refractivity contribution in [2.75, 3.05) is 7.11 Å². The Labute approximate surface area is 114 Å². The summed E-state index contributed by atoms with van der Waals surface area (Å²) in [7, 11) is 1.70. The van der Waals surface area contributed by atoms with E-state index in [0.717, 1.165) is 18.0 Å². The minimum Gasteiger partial charge on any atom is -0.496 e. The molecule has 0 spiro atoms. The molecule has 0 saturated heterocycles. The first-order valence-corrected chi connectivity index (χ1v) is 6.49. The van der Waals surface area contributed by atoms with Crippen molar-refractivity contribution in [1.82, 2.24) is 10.3 Å². The van der Waals surface area contributed by atoms with Gasteiger partial charge in [0.1, 0.15) is 5.75 Å². The molecule has 100 valence electrons. The number of nitrogens with zero attached hydrogens (tertiary/aromatic N) is 1. The van der Waals surface area contributed by atoms with E-state index < -0.39 is 0 Å². The highest BCUT2D eigenvalue weighted by Gasteiger charge is 2.10. The average Bonchev–Trinajstić information content (AvgIpc) is 2.46. The molecule has 0 fully saturated rings. The number of ether oxygens (including phenoxy) is 1. The lowest BCUT2D eigenvalue weighted by atomic mass is 10.1. The Morgan fingerprint density at radius 1 is 1.21 bits per heavy atom. The Morgan fingerprint density at radius 3 is 2.74 bits per heavy atom. The number of aryl methyl sites for hydroxylation is 1. The van der Waals surface area contributed by atoms with Crippen LogP contribution >= 0.6 is 0 Å². The van der Waals surface area contributed by atoms with E-state index >= 15 is 0 Å². The largest absolute Gasteiger partial charge is 0.496 e. The Hall–Kier alpha value is -1.87. The molecule has 0 unspecified atom stereocenters. The first-order chi connectivity index (χ1) is 9.22. The SMILES string of the molecule is COc1ccccc1[C@@H](C)NCc1ncccc1C. The lowest BCUT2D eigenvalue weighted by Gasteiger charge is -2.17. The minimum atomic E-state index is 0.220. The van der Waals surface area contributed by atoms with E-state index in [0.29, 0.717) is 0 Å². The molecule has 0 saturated carbocycles. The van der Waals surface area contributed by atoms with Gasteiger partial charge < -0.3 is 10.1 Å². The van der Waals surface area contributed by atoms with E-state index in [-0.39, 0.29) is 6.04 Å². The van der Waals surface area contributed by atoms with Crippen LogP contribution in [0.3, 0.4) is 0 Å². The molecular weight excluding hydrogens is 236 g/mol. The third-order valence-corrected chi connectivity index (χ3v) is 3.30. The highest BCUT2D eigenvalue weighted by Crippen LogP contribution is 2.24. The van der Waals surface area contributed by atoms with Crippen molar-refractivity contribution < 1.29 is 4.74 Å². The van der Waals surface area contributed by atoms with E-state index in [1.807, 2.05) is 30.5 Å². The molecule has 2 aromatic rings. The van der Waals surface area contributed by atoms with Crippen LogP contribution in [0.5, 0.6) is 5.75 Å². The van der Waals surface area contributed by atoms with E-state index in [4.69, 9.17) is 4.74 Å². The molecule has 2 rings (SSSR count). The van der Waals surface area contributed by atoms with Gasteiger partial charge in [-0.3, -0.25) is 4.98 Å². The quantitative estimate of drug-likeness (QED) is 0.891. The number of methoxy groups -OCH3 is 1. The van der Waals surface area contributed by atoms with Crippen molar-refractivity contribution in [1.29, 1.82) is 0 Å². The normalized spacial score (nSPS) is 12.2. The van der Waals surface area contributed by atoms with E-state index in [1.165, 1.54) is 11.1 Å². The van der Waals surface area contributed by atoms with Gasteiger partial charge in [0.15, 0.2) is 0 Å². The molecule has 0 amide bonds. The third kappa shape index (κ3) is 3.32. The van der Waals surface area contributed by atoms with Gasteiger partial charge in [-0.1, -0.05) is 24.3 Å². The van der Waals surface area contributed by atoms with E-state index in [1.54, 1.807) is 7.11 Å². The fourth-order valence-corrected chi connectivity index (χ4v) is 2.09. The standard InChI is InChI=1S/C16H20N2O/c1-12-7-6-10-17-15(12)11-18-13(2)14-8-4-5-9-16(14)19-3/h4-10,13,18H,11H2,1-3H3/t13-/m1/s1. The van der Waals surface area contributed by atoms with Crippen LogP contribution in [0.15, 0.2) is 42.6 Å². The van der Waals surface area contributed by atoms with Crippen LogP contribution in [0.25, 0.3) is 0 Å². The zero-order valence-corrected chi connectivity index (χ0v) is 11.7. The van der Waals surface area contributed by atoms with Crippen molar-refractivity contribution in [3.8, 4) is 5.75 Å². The lowest BCUT2D eigenvalue weighted by Crippen LogP contribution is -2.19. The monoisotopic (exact) mass is 256 g/mol. The van der Waals surface area contributed by atoms with Gasteiger partial charge in [0.25, 0.3) is 0 Å². The summed E-state index contributed by atoms with van der Waals surface area (Å²) in [4.78, 5) is 4.39. The molecule has 0 aliphatic heterocycles. The molecule has 0 aliphatic rings. The zero-order chi connectivity index (χ0) is 13.7. The van der Waals surface area contributed by atoms with Crippen LogP contribution in [0.4, 0.5) is 0 Å². The van der Waals surface area contributed by atoms with Gasteiger partial charge in [0, 0.05) is 24.3 Å². The summed E-state index contributed by atoms with van der Waals surface area (Å²) >= 11 is 0. The molecule has 1 atom stereocenters. The van der Waals surface area contributed by atoms with Gasteiger partial charge >= 0.3 is 0 Å². The molecule has 0 radical (unpaired) electrons. The Bertz CT molecular complexity index is 540. The second-order valence-corrected chi connectivity index (χ2v) is 4.61. The lowest BCUT2D eigenvalue weighted by molar-refractivity contribution is 0.401. The first kappa shape index (κ1) is 13.6. The molecule has 0 bridgehead atoms. The zero-order valence-electron chi connectivity index (χ0n) is 11.7. The summed E-state index contributed by atoms with van der Waals surface area (Å²) in [6, 6.07) is 12.3. The number of pyridine rings is 1. The highest BCUT2D eigenvalue weighted by atomic mass is 16.5. The van der Waals surface area contributed by atoms with Gasteiger partial charge in [-0.2, -0.15) is 0 Å². The predicted octanol–water partition coefficient (Wildman–Crippen LogP) is 3.25. The van der Waals surface area contributed by atoms with Gasteiger partial charge in [-0.05, 0) is 31.5 Å². The number of hydrogen-bond donors (Lipinski definition) is 1. The van der Waals surface area contributed by atoms with Gasteiger partial charge in [-0.15, -0.1) is 0 Å². The van der Waals surface area contributed by atoms with Crippen molar-refractivity contribution in [2.24, 2.45) is 0 Å². The van der Waals surface area contributed by atoms with Crippen molar-refractivity contribution >= 4 is 0 Å². The molecule has 19 heavy (non-hydrogen) atoms. The Morgan fingerprint density at radius 2 is 2.00 bits per heavy atom. The molecule has 0 aliphatic carbocycles. The smallest absolute Gasteiger partial charge is 0.123 e. The second-order valence-electron chi connectivity index (χ2n) is 4.61. The molecule has 1 aromatic carbocycles. The number of aromatic nitrogens is 1. The predicted molar refractivity (Wildman–Crippen MR) is 77.2 cm³/mol. The Balaban J connectivity index is 2.05. The number of nitrogens with one attached hydrogen (secondary N) is 1. The van der Waals surface area contributed by atoms with Crippen molar-refractivity contribution in [3.05, 3.63) is 59.4 Å². The number of para-hydroxylation sites is 1. The van der Waals surface area contributed by atoms with E-state index in [9.17, 15) is 0 Å². The molecule has 3 nitrogen and oxygen atoms in total. The fraction of sp³-hybridized carbons (Fsp3) is 0.312. The first-order valence-electron chi connectivity index (χ1n) is 6.49. The minimum absolute atomic E-state index is 0.220. The van der Waals surface area contributed by atoms with Crippen molar-refractivity contribution in [2.45, 2.75) is 26.4 Å². The van der Waals surface area contributed by atoms with Gasteiger partial charge in [0.05, 0.1) is 12.8 Å². The van der Waals surface area contributed by atoms with E-state index in [2.05, 4.69) is 36.3 Å². The summed E-state index contributed by atoms with van der Waals surface area (Å²) in [5.41, 5.74) is 3.46. The number of hydrogen-bond acceptors (Lipinski definition) is 3. The average molecular weight is 256 g/mol. The molecule has 1 aromatic heterocycles. The van der Waals surface area contributed by atoms with Crippen LogP contribution in [-0.4, -0.2) is 12.1 Å². The summed E-state index contributed by atoms with van der Waals surface area (Å²) in [5.74, 6) is 0.917. The van der Waals surface area contributed by atoms with Crippen molar-refractivity contribution in [3.63, 3.8) is 0 Å². The van der Waals surface area contributed by atoms with Crippen LogP contribution < -0.4 is 10.1 Å². The molecule has 1 heterocycles. The number of benzene rings is 1. The highest BCUT2D eigenvalue weighted by molar-refractivity contribution is 5.35.